The molecule has 2 N–H and O–H groups in total. The Morgan fingerprint density at radius 1 is 1.00 bits per heavy atom. The SMILES string of the molecule is C[C@H](SCC(=O)Nc1ccccc1)C(=O)Nc1cc(Cl)cc(Cl)c1. The fourth-order valence-electron chi connectivity index (χ4n) is 1.86. The van der Waals surface area contributed by atoms with Gasteiger partial charge < -0.3 is 10.6 Å². The number of benzene rings is 2. The maximum absolute atomic E-state index is 12.2. The number of hydrogen-bond donors (Lipinski definition) is 2. The van der Waals surface area contributed by atoms with E-state index in [1.54, 1.807) is 25.1 Å². The maximum Gasteiger partial charge on any atom is 0.237 e. The summed E-state index contributed by atoms with van der Waals surface area (Å²) in [5.74, 6) is -0.192. The van der Waals surface area contributed by atoms with Gasteiger partial charge in [-0.1, -0.05) is 41.4 Å². The molecule has 2 rings (SSSR count). The van der Waals surface area contributed by atoms with E-state index in [-0.39, 0.29) is 17.6 Å². The van der Waals surface area contributed by atoms with Crippen molar-refractivity contribution in [3.05, 3.63) is 58.6 Å². The molecule has 0 heterocycles. The maximum atomic E-state index is 12.2. The first-order valence-corrected chi connectivity index (χ1v) is 8.98. The molecule has 4 nitrogen and oxygen atoms in total. The molecule has 0 unspecified atom stereocenters. The van der Waals surface area contributed by atoms with E-state index in [1.165, 1.54) is 11.8 Å². The molecular weight excluding hydrogens is 367 g/mol. The molecule has 7 heteroatoms. The quantitative estimate of drug-likeness (QED) is 0.761. The van der Waals surface area contributed by atoms with Crippen LogP contribution >= 0.6 is 35.0 Å². The van der Waals surface area contributed by atoms with Crippen molar-refractivity contribution >= 4 is 58.2 Å². The summed E-state index contributed by atoms with van der Waals surface area (Å²) in [6, 6.07) is 14.0. The van der Waals surface area contributed by atoms with Gasteiger partial charge >= 0.3 is 0 Å². The third kappa shape index (κ3) is 6.07. The van der Waals surface area contributed by atoms with Crippen LogP contribution in [0.3, 0.4) is 0 Å². The first kappa shape index (κ1) is 18.6. The molecule has 0 saturated heterocycles. The second-order valence-electron chi connectivity index (χ2n) is 5.01. The predicted octanol–water partition coefficient (Wildman–Crippen LogP) is 4.69. The van der Waals surface area contributed by atoms with E-state index in [4.69, 9.17) is 23.2 Å². The van der Waals surface area contributed by atoms with Crippen molar-refractivity contribution in [3.63, 3.8) is 0 Å². The van der Waals surface area contributed by atoms with E-state index < -0.39 is 5.25 Å². The molecule has 2 aromatic rings. The Kier molecular flexibility index (Phi) is 6.97. The van der Waals surface area contributed by atoms with E-state index in [9.17, 15) is 9.59 Å². The molecule has 2 amide bonds. The van der Waals surface area contributed by atoms with Crippen LogP contribution in [0.4, 0.5) is 11.4 Å². The topological polar surface area (TPSA) is 58.2 Å². The van der Waals surface area contributed by atoms with Crippen LogP contribution in [-0.4, -0.2) is 22.8 Å². The Labute approximate surface area is 154 Å². The van der Waals surface area contributed by atoms with Gasteiger partial charge in [-0.2, -0.15) is 0 Å². The van der Waals surface area contributed by atoms with Crippen molar-refractivity contribution in [1.82, 2.24) is 0 Å². The summed E-state index contributed by atoms with van der Waals surface area (Å²) in [6.07, 6.45) is 0. The van der Waals surface area contributed by atoms with Crippen LogP contribution in [0, 0.1) is 0 Å². The van der Waals surface area contributed by atoms with Crippen LogP contribution in [-0.2, 0) is 9.59 Å². The summed E-state index contributed by atoms with van der Waals surface area (Å²) in [5, 5.41) is 6.00. The Hall–Kier alpha value is -1.69. The zero-order valence-electron chi connectivity index (χ0n) is 12.9. The van der Waals surface area contributed by atoms with Crippen LogP contribution in [0.2, 0.25) is 10.0 Å². The molecular formula is C17H16Cl2N2O2S. The highest BCUT2D eigenvalue weighted by molar-refractivity contribution is 8.01. The lowest BCUT2D eigenvalue weighted by Crippen LogP contribution is -2.25. The number of rotatable bonds is 6. The second kappa shape index (κ2) is 8.97. The van der Waals surface area contributed by atoms with Gasteiger partial charge in [-0.05, 0) is 37.3 Å². The minimum absolute atomic E-state index is 0.156. The van der Waals surface area contributed by atoms with Gasteiger partial charge in [0, 0.05) is 21.4 Å². The molecule has 0 fully saturated rings. The van der Waals surface area contributed by atoms with Crippen LogP contribution in [0.15, 0.2) is 48.5 Å². The van der Waals surface area contributed by atoms with Gasteiger partial charge in [0.2, 0.25) is 11.8 Å². The molecule has 0 aliphatic carbocycles. The van der Waals surface area contributed by atoms with E-state index in [2.05, 4.69) is 10.6 Å². The summed E-state index contributed by atoms with van der Waals surface area (Å²) >= 11 is 13.0. The number of para-hydroxylation sites is 1. The minimum atomic E-state index is -0.399. The summed E-state index contributed by atoms with van der Waals surface area (Å²) in [6.45, 7) is 1.74. The second-order valence-corrected chi connectivity index (χ2v) is 7.22. The van der Waals surface area contributed by atoms with Gasteiger partial charge in [-0.15, -0.1) is 11.8 Å². The Morgan fingerprint density at radius 3 is 2.25 bits per heavy atom. The number of halogens is 2. The minimum Gasteiger partial charge on any atom is -0.325 e. The number of hydrogen-bond acceptors (Lipinski definition) is 3. The summed E-state index contributed by atoms with van der Waals surface area (Å²) < 4.78 is 0. The van der Waals surface area contributed by atoms with Gasteiger partial charge in [0.15, 0.2) is 0 Å². The van der Waals surface area contributed by atoms with Crippen LogP contribution in [0.25, 0.3) is 0 Å². The average molecular weight is 383 g/mol. The summed E-state index contributed by atoms with van der Waals surface area (Å²) in [5.41, 5.74) is 1.26. The number of anilines is 2. The molecule has 24 heavy (non-hydrogen) atoms. The first-order valence-electron chi connectivity index (χ1n) is 7.17. The predicted molar refractivity (Wildman–Crippen MR) is 102 cm³/mol. The fraction of sp³-hybridized carbons (Fsp3) is 0.176. The van der Waals surface area contributed by atoms with Crippen molar-refractivity contribution < 1.29 is 9.59 Å². The summed E-state index contributed by atoms with van der Waals surface area (Å²) in [4.78, 5) is 24.0. The largest absolute Gasteiger partial charge is 0.325 e. The highest BCUT2D eigenvalue weighted by Gasteiger charge is 2.16. The summed E-state index contributed by atoms with van der Waals surface area (Å²) in [7, 11) is 0. The van der Waals surface area contributed by atoms with Crippen molar-refractivity contribution in [3.8, 4) is 0 Å². The third-order valence-electron chi connectivity index (χ3n) is 3.02. The third-order valence-corrected chi connectivity index (χ3v) is 4.60. The molecule has 0 aliphatic rings. The number of carbonyl (C=O) groups excluding carboxylic acids is 2. The number of carbonyl (C=O) groups is 2. The fourth-order valence-corrected chi connectivity index (χ4v) is 3.07. The van der Waals surface area contributed by atoms with E-state index in [1.807, 2.05) is 30.3 Å². The van der Waals surface area contributed by atoms with E-state index in [0.717, 1.165) is 5.69 Å². The van der Waals surface area contributed by atoms with Gasteiger partial charge in [0.1, 0.15) is 0 Å². The van der Waals surface area contributed by atoms with Crippen molar-refractivity contribution in [2.75, 3.05) is 16.4 Å². The number of thioether (sulfide) groups is 1. The first-order chi connectivity index (χ1) is 11.4. The lowest BCUT2D eigenvalue weighted by molar-refractivity contribution is -0.115. The Morgan fingerprint density at radius 2 is 1.62 bits per heavy atom. The van der Waals surface area contributed by atoms with Gasteiger partial charge in [0.05, 0.1) is 11.0 Å². The van der Waals surface area contributed by atoms with Gasteiger partial charge in [-0.3, -0.25) is 9.59 Å². The van der Waals surface area contributed by atoms with Crippen molar-refractivity contribution in [1.29, 1.82) is 0 Å². The number of nitrogens with one attached hydrogen (secondary N) is 2. The zero-order valence-corrected chi connectivity index (χ0v) is 15.2. The van der Waals surface area contributed by atoms with Crippen LogP contribution in [0.1, 0.15) is 6.92 Å². The Balaban J connectivity index is 1.82. The smallest absolute Gasteiger partial charge is 0.237 e. The van der Waals surface area contributed by atoms with E-state index >= 15 is 0 Å². The van der Waals surface area contributed by atoms with Gasteiger partial charge in [-0.25, -0.2) is 0 Å². The Bertz CT molecular complexity index is 706. The zero-order chi connectivity index (χ0) is 17.5. The number of amides is 2. The highest BCUT2D eigenvalue weighted by Crippen LogP contribution is 2.23. The van der Waals surface area contributed by atoms with Gasteiger partial charge in [0.25, 0.3) is 0 Å². The molecule has 0 bridgehead atoms. The molecule has 0 aliphatic heterocycles. The standard InChI is InChI=1S/C17H16Cl2N2O2S/c1-11(17(23)21-15-8-12(18)7-13(19)9-15)24-10-16(22)20-14-5-3-2-4-6-14/h2-9,11H,10H2,1H3,(H,20,22)(H,21,23)/t11-/m0/s1. The van der Waals surface area contributed by atoms with Crippen molar-refractivity contribution in [2.45, 2.75) is 12.2 Å². The lowest BCUT2D eigenvalue weighted by atomic mass is 10.3. The molecule has 0 saturated carbocycles. The van der Waals surface area contributed by atoms with Crippen molar-refractivity contribution in [2.24, 2.45) is 0 Å². The van der Waals surface area contributed by atoms with Crippen LogP contribution < -0.4 is 10.6 Å². The molecule has 0 spiro atoms. The molecule has 1 atom stereocenters. The van der Waals surface area contributed by atoms with E-state index in [0.29, 0.717) is 15.7 Å². The highest BCUT2D eigenvalue weighted by atomic mass is 35.5. The monoisotopic (exact) mass is 382 g/mol. The average Bonchev–Trinajstić information content (AvgIpc) is 2.52. The normalized spacial score (nSPS) is 11.6. The lowest BCUT2D eigenvalue weighted by Gasteiger charge is -2.12. The van der Waals surface area contributed by atoms with Crippen LogP contribution in [0.5, 0.6) is 0 Å². The molecule has 0 aromatic heterocycles. The molecule has 2 aromatic carbocycles. The molecule has 0 radical (unpaired) electrons. The molecule has 126 valence electrons.